The van der Waals surface area contributed by atoms with Crippen molar-refractivity contribution in [3.63, 3.8) is 0 Å². The SMILES string of the molecule is O=C(NCCCN1CCCC1=O)C(=O)Nc1cccc2cccnc12. The van der Waals surface area contributed by atoms with Gasteiger partial charge in [0.15, 0.2) is 0 Å². The summed E-state index contributed by atoms with van der Waals surface area (Å²) in [7, 11) is 0. The standard InChI is InChI=1S/C18H20N4O3/c23-15-8-3-11-22(15)12-4-10-20-17(24)18(25)21-14-7-1-5-13-6-2-9-19-16(13)14/h1-2,5-7,9H,3-4,8,10-12H2,(H,20,24)(H,21,25). The Labute approximate surface area is 145 Å². The summed E-state index contributed by atoms with van der Waals surface area (Å²) < 4.78 is 0. The van der Waals surface area contributed by atoms with Crippen molar-refractivity contribution < 1.29 is 14.4 Å². The van der Waals surface area contributed by atoms with Crippen molar-refractivity contribution in [2.24, 2.45) is 0 Å². The summed E-state index contributed by atoms with van der Waals surface area (Å²) in [6.07, 6.45) is 3.76. The van der Waals surface area contributed by atoms with E-state index in [9.17, 15) is 14.4 Å². The summed E-state index contributed by atoms with van der Waals surface area (Å²) in [5.74, 6) is -1.26. The van der Waals surface area contributed by atoms with Crippen molar-refractivity contribution in [2.75, 3.05) is 25.0 Å². The van der Waals surface area contributed by atoms with Crippen LogP contribution in [0.1, 0.15) is 19.3 Å². The fourth-order valence-corrected chi connectivity index (χ4v) is 2.88. The molecule has 1 saturated heterocycles. The average Bonchev–Trinajstić information content (AvgIpc) is 3.04. The van der Waals surface area contributed by atoms with Crippen LogP contribution in [0.15, 0.2) is 36.5 Å². The number of fused-ring (bicyclic) bond motifs is 1. The van der Waals surface area contributed by atoms with Crippen molar-refractivity contribution in [2.45, 2.75) is 19.3 Å². The maximum atomic E-state index is 12.0. The predicted octanol–water partition coefficient (Wildman–Crippen LogP) is 1.30. The second kappa shape index (κ2) is 7.74. The molecule has 25 heavy (non-hydrogen) atoms. The van der Waals surface area contributed by atoms with E-state index < -0.39 is 11.8 Å². The number of benzene rings is 1. The van der Waals surface area contributed by atoms with Gasteiger partial charge in [0.25, 0.3) is 0 Å². The van der Waals surface area contributed by atoms with Crippen molar-refractivity contribution >= 4 is 34.3 Å². The third-order valence-electron chi connectivity index (χ3n) is 4.15. The zero-order valence-corrected chi connectivity index (χ0v) is 13.8. The minimum Gasteiger partial charge on any atom is -0.348 e. The largest absolute Gasteiger partial charge is 0.348 e. The van der Waals surface area contributed by atoms with E-state index >= 15 is 0 Å². The molecule has 0 aliphatic carbocycles. The van der Waals surface area contributed by atoms with Gasteiger partial charge in [-0.1, -0.05) is 18.2 Å². The van der Waals surface area contributed by atoms with Gasteiger partial charge < -0.3 is 15.5 Å². The van der Waals surface area contributed by atoms with Gasteiger partial charge in [-0.3, -0.25) is 19.4 Å². The van der Waals surface area contributed by atoms with E-state index in [4.69, 9.17) is 0 Å². The summed E-state index contributed by atoms with van der Waals surface area (Å²) in [5.41, 5.74) is 1.14. The Balaban J connectivity index is 1.49. The molecular weight excluding hydrogens is 320 g/mol. The zero-order chi connectivity index (χ0) is 17.6. The fourth-order valence-electron chi connectivity index (χ4n) is 2.88. The molecule has 0 radical (unpaired) electrons. The third kappa shape index (κ3) is 4.12. The van der Waals surface area contributed by atoms with Gasteiger partial charge in [-0.15, -0.1) is 0 Å². The maximum Gasteiger partial charge on any atom is 0.313 e. The van der Waals surface area contributed by atoms with Crippen molar-refractivity contribution in [3.05, 3.63) is 36.5 Å². The lowest BCUT2D eigenvalue weighted by atomic mass is 10.2. The minimum atomic E-state index is -0.726. The summed E-state index contributed by atoms with van der Waals surface area (Å²) in [6.45, 7) is 1.74. The number of hydrogen-bond acceptors (Lipinski definition) is 4. The molecule has 0 bridgehead atoms. The Bertz CT molecular complexity index is 801. The Morgan fingerprint density at radius 3 is 2.80 bits per heavy atom. The van der Waals surface area contributed by atoms with E-state index in [1.165, 1.54) is 0 Å². The number of carbonyl (C=O) groups is 3. The number of pyridine rings is 1. The normalized spacial score (nSPS) is 13.9. The van der Waals surface area contributed by atoms with Gasteiger partial charge in [0.2, 0.25) is 5.91 Å². The zero-order valence-electron chi connectivity index (χ0n) is 13.8. The highest BCUT2D eigenvalue weighted by atomic mass is 16.2. The van der Waals surface area contributed by atoms with Crippen molar-refractivity contribution in [1.29, 1.82) is 0 Å². The first kappa shape index (κ1) is 16.9. The lowest BCUT2D eigenvalue weighted by Crippen LogP contribution is -2.37. The van der Waals surface area contributed by atoms with Crippen LogP contribution in [0.2, 0.25) is 0 Å². The van der Waals surface area contributed by atoms with E-state index in [1.807, 2.05) is 18.2 Å². The lowest BCUT2D eigenvalue weighted by Gasteiger charge is -2.15. The minimum absolute atomic E-state index is 0.160. The van der Waals surface area contributed by atoms with Gasteiger partial charge in [0, 0.05) is 37.6 Å². The molecule has 1 aliphatic rings. The molecule has 1 aromatic heterocycles. The topological polar surface area (TPSA) is 91.4 Å². The van der Waals surface area contributed by atoms with Crippen LogP contribution in [-0.2, 0) is 14.4 Å². The summed E-state index contributed by atoms with van der Waals surface area (Å²) in [5, 5.41) is 6.06. The van der Waals surface area contributed by atoms with Crippen LogP contribution in [0.5, 0.6) is 0 Å². The Morgan fingerprint density at radius 2 is 2.00 bits per heavy atom. The van der Waals surface area contributed by atoms with Crippen LogP contribution in [0.25, 0.3) is 10.9 Å². The van der Waals surface area contributed by atoms with Crippen LogP contribution >= 0.6 is 0 Å². The molecule has 130 valence electrons. The molecule has 2 heterocycles. The van der Waals surface area contributed by atoms with Crippen molar-refractivity contribution in [1.82, 2.24) is 15.2 Å². The molecular formula is C18H20N4O3. The highest BCUT2D eigenvalue weighted by Gasteiger charge is 2.19. The molecule has 3 amide bonds. The second-order valence-electron chi connectivity index (χ2n) is 5.93. The Kier molecular flexibility index (Phi) is 5.23. The molecule has 0 unspecified atom stereocenters. The van der Waals surface area contributed by atoms with Gasteiger partial charge in [0.05, 0.1) is 11.2 Å². The van der Waals surface area contributed by atoms with Gasteiger partial charge >= 0.3 is 11.8 Å². The molecule has 2 aromatic rings. The Hall–Kier alpha value is -2.96. The monoisotopic (exact) mass is 340 g/mol. The van der Waals surface area contributed by atoms with Crippen molar-refractivity contribution in [3.8, 4) is 0 Å². The first-order chi connectivity index (χ1) is 12.1. The molecule has 3 rings (SSSR count). The van der Waals surface area contributed by atoms with E-state index in [-0.39, 0.29) is 5.91 Å². The first-order valence-electron chi connectivity index (χ1n) is 8.36. The van der Waals surface area contributed by atoms with E-state index in [0.29, 0.717) is 37.1 Å². The number of rotatable bonds is 5. The van der Waals surface area contributed by atoms with Gasteiger partial charge in [-0.25, -0.2) is 0 Å². The number of anilines is 1. The third-order valence-corrected chi connectivity index (χ3v) is 4.15. The number of nitrogens with one attached hydrogen (secondary N) is 2. The number of aromatic nitrogens is 1. The molecule has 7 heteroatoms. The average molecular weight is 340 g/mol. The molecule has 7 nitrogen and oxygen atoms in total. The molecule has 1 aliphatic heterocycles. The number of amides is 3. The number of nitrogens with zero attached hydrogens (tertiary/aromatic N) is 2. The molecule has 0 atom stereocenters. The first-order valence-corrected chi connectivity index (χ1v) is 8.36. The number of carbonyl (C=O) groups excluding carboxylic acids is 3. The quantitative estimate of drug-likeness (QED) is 0.634. The van der Waals surface area contributed by atoms with Crippen LogP contribution in [0, 0.1) is 0 Å². The predicted molar refractivity (Wildman–Crippen MR) is 93.8 cm³/mol. The smallest absolute Gasteiger partial charge is 0.313 e. The molecule has 0 spiro atoms. The number of likely N-dealkylation sites (tertiary alicyclic amines) is 1. The summed E-state index contributed by atoms with van der Waals surface area (Å²) in [4.78, 5) is 41.5. The maximum absolute atomic E-state index is 12.0. The van der Waals surface area contributed by atoms with E-state index in [2.05, 4.69) is 15.6 Å². The molecule has 1 fully saturated rings. The summed E-state index contributed by atoms with van der Waals surface area (Å²) in [6, 6.07) is 9.09. The molecule has 2 N–H and O–H groups in total. The Morgan fingerprint density at radius 1 is 1.16 bits per heavy atom. The number of para-hydroxylation sites is 1. The van der Waals surface area contributed by atoms with E-state index in [0.717, 1.165) is 18.4 Å². The second-order valence-corrected chi connectivity index (χ2v) is 5.93. The van der Waals surface area contributed by atoms with E-state index in [1.54, 1.807) is 23.2 Å². The highest BCUT2D eigenvalue weighted by Crippen LogP contribution is 2.20. The van der Waals surface area contributed by atoms with Crippen LogP contribution < -0.4 is 10.6 Å². The fraction of sp³-hybridized carbons (Fsp3) is 0.333. The van der Waals surface area contributed by atoms with Gasteiger partial charge in [-0.05, 0) is 25.0 Å². The highest BCUT2D eigenvalue weighted by molar-refractivity contribution is 6.40. The van der Waals surface area contributed by atoms with Crippen LogP contribution in [-0.4, -0.2) is 47.2 Å². The van der Waals surface area contributed by atoms with Crippen LogP contribution in [0.3, 0.4) is 0 Å². The van der Waals surface area contributed by atoms with Gasteiger partial charge in [-0.2, -0.15) is 0 Å². The van der Waals surface area contributed by atoms with Gasteiger partial charge in [0.1, 0.15) is 0 Å². The lowest BCUT2D eigenvalue weighted by molar-refractivity contribution is -0.136. The molecule has 1 aromatic carbocycles. The summed E-state index contributed by atoms with van der Waals surface area (Å²) >= 11 is 0. The van der Waals surface area contributed by atoms with Crippen LogP contribution in [0.4, 0.5) is 5.69 Å². The number of hydrogen-bond donors (Lipinski definition) is 2. The molecule has 0 saturated carbocycles.